The molecule has 1 aromatic rings. The van der Waals surface area contributed by atoms with E-state index in [0.29, 0.717) is 6.42 Å². The molecule has 14 heavy (non-hydrogen) atoms. The molecule has 0 saturated heterocycles. The fourth-order valence-electron chi connectivity index (χ4n) is 0.998. The van der Waals surface area contributed by atoms with Gasteiger partial charge in [-0.1, -0.05) is 42.5 Å². The van der Waals surface area contributed by atoms with Gasteiger partial charge in [-0.25, -0.2) is 4.79 Å². The van der Waals surface area contributed by atoms with Gasteiger partial charge in [0.2, 0.25) is 0 Å². The molecule has 0 heterocycles. The Morgan fingerprint density at radius 3 is 2.71 bits per heavy atom. The van der Waals surface area contributed by atoms with Gasteiger partial charge in [0, 0.05) is 0 Å². The van der Waals surface area contributed by atoms with E-state index < -0.39 is 6.16 Å². The lowest BCUT2D eigenvalue weighted by Gasteiger charge is -1.95. The minimum absolute atomic E-state index is 0.207. The highest BCUT2D eigenvalue weighted by Gasteiger charge is 1.92. The molecule has 0 aliphatic rings. The summed E-state index contributed by atoms with van der Waals surface area (Å²) < 4.78 is 4.35. The van der Waals surface area contributed by atoms with E-state index in [1.54, 1.807) is 0 Å². The molecule has 0 bridgehead atoms. The zero-order chi connectivity index (χ0) is 10.2. The second kappa shape index (κ2) is 5.80. The lowest BCUT2D eigenvalue weighted by Crippen LogP contribution is -2.00. The maximum absolute atomic E-state index is 9.99. The maximum atomic E-state index is 9.99. The van der Waals surface area contributed by atoms with Gasteiger partial charge in [-0.3, -0.25) is 0 Å². The molecule has 0 aliphatic heterocycles. The zero-order valence-electron chi connectivity index (χ0n) is 7.72. The molecule has 0 amide bonds. The standard InChI is InChI=1S/C11H12O3/c12-11(13)14-9-5-4-8-10-6-2-1-3-7-10/h1-4,6-8H,5,9H2,(H,12,13). The van der Waals surface area contributed by atoms with Crippen LogP contribution in [0.2, 0.25) is 0 Å². The first-order valence-electron chi connectivity index (χ1n) is 4.36. The maximum Gasteiger partial charge on any atom is 0.505 e. The Bertz CT molecular complexity index is 304. The minimum atomic E-state index is -1.22. The third-order valence-corrected chi connectivity index (χ3v) is 1.62. The smallest absolute Gasteiger partial charge is 0.450 e. The fourth-order valence-corrected chi connectivity index (χ4v) is 0.998. The Labute approximate surface area is 82.6 Å². The van der Waals surface area contributed by atoms with Crippen molar-refractivity contribution in [1.82, 2.24) is 0 Å². The molecule has 0 radical (unpaired) electrons. The highest BCUT2D eigenvalue weighted by atomic mass is 16.7. The second-order valence-electron chi connectivity index (χ2n) is 2.72. The van der Waals surface area contributed by atoms with Crippen molar-refractivity contribution >= 4 is 12.2 Å². The number of carboxylic acid groups (broad SMARTS) is 1. The predicted octanol–water partition coefficient (Wildman–Crippen LogP) is 2.78. The van der Waals surface area contributed by atoms with E-state index in [2.05, 4.69) is 4.74 Å². The van der Waals surface area contributed by atoms with E-state index in [1.165, 1.54) is 0 Å². The van der Waals surface area contributed by atoms with Crippen molar-refractivity contribution in [3.63, 3.8) is 0 Å². The van der Waals surface area contributed by atoms with Gasteiger partial charge in [-0.15, -0.1) is 0 Å². The molecule has 0 aliphatic carbocycles. The van der Waals surface area contributed by atoms with Crippen LogP contribution >= 0.6 is 0 Å². The van der Waals surface area contributed by atoms with Gasteiger partial charge >= 0.3 is 6.16 Å². The van der Waals surface area contributed by atoms with Gasteiger partial charge in [0.1, 0.15) is 0 Å². The fraction of sp³-hybridized carbons (Fsp3) is 0.182. The second-order valence-corrected chi connectivity index (χ2v) is 2.72. The van der Waals surface area contributed by atoms with Crippen LogP contribution in [-0.2, 0) is 4.74 Å². The van der Waals surface area contributed by atoms with Crippen LogP contribution in [0.25, 0.3) is 6.08 Å². The van der Waals surface area contributed by atoms with Gasteiger partial charge in [-0.2, -0.15) is 0 Å². The monoisotopic (exact) mass is 192 g/mol. The van der Waals surface area contributed by atoms with Crippen LogP contribution in [0.4, 0.5) is 4.79 Å². The predicted molar refractivity (Wildman–Crippen MR) is 54.1 cm³/mol. The molecule has 3 heteroatoms. The summed E-state index contributed by atoms with van der Waals surface area (Å²) in [6.07, 6.45) is 3.20. The van der Waals surface area contributed by atoms with Crippen LogP contribution in [-0.4, -0.2) is 17.9 Å². The van der Waals surface area contributed by atoms with Crippen LogP contribution in [0, 0.1) is 0 Å². The summed E-state index contributed by atoms with van der Waals surface area (Å²) in [5, 5.41) is 8.18. The highest BCUT2D eigenvalue weighted by Crippen LogP contribution is 2.01. The van der Waals surface area contributed by atoms with Crippen molar-refractivity contribution in [2.45, 2.75) is 6.42 Å². The lowest BCUT2D eigenvalue weighted by atomic mass is 10.2. The Hall–Kier alpha value is -1.77. The third kappa shape index (κ3) is 4.30. The summed E-state index contributed by atoms with van der Waals surface area (Å²) in [6, 6.07) is 9.81. The molecule has 0 unspecified atom stereocenters. The zero-order valence-corrected chi connectivity index (χ0v) is 7.72. The van der Waals surface area contributed by atoms with Crippen molar-refractivity contribution in [2.24, 2.45) is 0 Å². The van der Waals surface area contributed by atoms with Gasteiger partial charge < -0.3 is 9.84 Å². The van der Waals surface area contributed by atoms with E-state index in [1.807, 2.05) is 42.5 Å². The normalized spacial score (nSPS) is 10.3. The largest absolute Gasteiger partial charge is 0.505 e. The van der Waals surface area contributed by atoms with Crippen LogP contribution in [0.3, 0.4) is 0 Å². The van der Waals surface area contributed by atoms with Gasteiger partial charge in [-0.05, 0) is 12.0 Å². The van der Waals surface area contributed by atoms with Crippen molar-refractivity contribution < 1.29 is 14.6 Å². The molecule has 0 fully saturated rings. The topological polar surface area (TPSA) is 46.5 Å². The molecule has 74 valence electrons. The summed E-state index contributed by atoms with van der Waals surface area (Å²) in [5.74, 6) is 0. The van der Waals surface area contributed by atoms with Crippen molar-refractivity contribution in [2.75, 3.05) is 6.61 Å². The molecule has 0 saturated carbocycles. The van der Waals surface area contributed by atoms with E-state index in [0.717, 1.165) is 5.56 Å². The van der Waals surface area contributed by atoms with Crippen LogP contribution in [0.5, 0.6) is 0 Å². The summed E-state index contributed by atoms with van der Waals surface area (Å²) >= 11 is 0. The number of hydrogen-bond donors (Lipinski definition) is 1. The number of rotatable bonds is 4. The van der Waals surface area contributed by atoms with Crippen molar-refractivity contribution in [3.8, 4) is 0 Å². The Balaban J connectivity index is 2.25. The SMILES string of the molecule is O=C(O)OCCC=Cc1ccccc1. The summed E-state index contributed by atoms with van der Waals surface area (Å²) in [6.45, 7) is 0.207. The van der Waals surface area contributed by atoms with E-state index in [9.17, 15) is 4.79 Å². The summed E-state index contributed by atoms with van der Waals surface area (Å²) in [7, 11) is 0. The lowest BCUT2D eigenvalue weighted by molar-refractivity contribution is 0.0933. The molecular formula is C11H12O3. The number of carbonyl (C=O) groups is 1. The average molecular weight is 192 g/mol. The molecular weight excluding hydrogens is 180 g/mol. The van der Waals surface area contributed by atoms with Gasteiger partial charge in [0.25, 0.3) is 0 Å². The quantitative estimate of drug-likeness (QED) is 0.589. The highest BCUT2D eigenvalue weighted by molar-refractivity contribution is 5.56. The molecule has 0 aromatic heterocycles. The first kappa shape index (κ1) is 10.3. The first-order chi connectivity index (χ1) is 6.79. The molecule has 3 nitrogen and oxygen atoms in total. The summed E-state index contributed by atoms with van der Waals surface area (Å²) in [5.41, 5.74) is 1.10. The van der Waals surface area contributed by atoms with Crippen molar-refractivity contribution in [1.29, 1.82) is 0 Å². The van der Waals surface area contributed by atoms with Crippen LogP contribution in [0.1, 0.15) is 12.0 Å². The average Bonchev–Trinajstić information content (AvgIpc) is 2.18. The van der Waals surface area contributed by atoms with Crippen molar-refractivity contribution in [3.05, 3.63) is 42.0 Å². The third-order valence-electron chi connectivity index (χ3n) is 1.62. The number of ether oxygens (including phenoxy) is 1. The Morgan fingerprint density at radius 1 is 1.36 bits per heavy atom. The molecule has 1 N–H and O–H groups in total. The first-order valence-corrected chi connectivity index (χ1v) is 4.36. The Morgan fingerprint density at radius 2 is 2.07 bits per heavy atom. The molecule has 0 spiro atoms. The van der Waals surface area contributed by atoms with E-state index in [-0.39, 0.29) is 6.61 Å². The number of benzene rings is 1. The Kier molecular flexibility index (Phi) is 4.27. The van der Waals surface area contributed by atoms with Crippen LogP contribution < -0.4 is 0 Å². The molecule has 1 aromatic carbocycles. The van der Waals surface area contributed by atoms with Gasteiger partial charge in [0.15, 0.2) is 0 Å². The molecule has 1 rings (SSSR count). The van der Waals surface area contributed by atoms with Crippen LogP contribution in [0.15, 0.2) is 36.4 Å². The van der Waals surface area contributed by atoms with Gasteiger partial charge in [0.05, 0.1) is 6.61 Å². The minimum Gasteiger partial charge on any atom is -0.450 e. The number of hydrogen-bond acceptors (Lipinski definition) is 2. The van der Waals surface area contributed by atoms with E-state index >= 15 is 0 Å². The summed E-state index contributed by atoms with van der Waals surface area (Å²) in [4.78, 5) is 9.99. The molecule has 0 atom stereocenters. The van der Waals surface area contributed by atoms with E-state index in [4.69, 9.17) is 5.11 Å².